The molecule has 1 aromatic heterocycles. The van der Waals surface area contributed by atoms with Crippen molar-refractivity contribution >= 4 is 27.5 Å². The third kappa shape index (κ3) is 2.88. The van der Waals surface area contributed by atoms with Gasteiger partial charge in [-0.3, -0.25) is 4.79 Å². The quantitative estimate of drug-likeness (QED) is 0.855. The van der Waals surface area contributed by atoms with E-state index in [2.05, 4.69) is 21.2 Å². The number of amides is 1. The Bertz CT molecular complexity index is 520. The Labute approximate surface area is 107 Å². The third-order valence-electron chi connectivity index (χ3n) is 2.30. The van der Waals surface area contributed by atoms with E-state index in [1.165, 1.54) is 6.26 Å². The SMILES string of the molecule is Nc1ccc(CNC(=O)c2ccoc2Br)cc1. The van der Waals surface area contributed by atoms with Gasteiger partial charge < -0.3 is 15.5 Å². The van der Waals surface area contributed by atoms with Crippen LogP contribution in [0.5, 0.6) is 0 Å². The van der Waals surface area contributed by atoms with Crippen LogP contribution in [0.3, 0.4) is 0 Å². The van der Waals surface area contributed by atoms with E-state index in [0.29, 0.717) is 22.5 Å². The molecule has 17 heavy (non-hydrogen) atoms. The van der Waals surface area contributed by atoms with Gasteiger partial charge in [-0.05, 0) is 39.7 Å². The Morgan fingerprint density at radius 1 is 1.29 bits per heavy atom. The van der Waals surface area contributed by atoms with Gasteiger partial charge in [-0.1, -0.05) is 12.1 Å². The van der Waals surface area contributed by atoms with E-state index in [9.17, 15) is 4.79 Å². The van der Waals surface area contributed by atoms with Gasteiger partial charge in [-0.15, -0.1) is 0 Å². The average molecular weight is 295 g/mol. The van der Waals surface area contributed by atoms with Gasteiger partial charge in [0.2, 0.25) is 0 Å². The molecule has 0 spiro atoms. The van der Waals surface area contributed by atoms with Crippen LogP contribution in [0.1, 0.15) is 15.9 Å². The zero-order valence-electron chi connectivity index (χ0n) is 8.94. The van der Waals surface area contributed by atoms with Gasteiger partial charge in [0.15, 0.2) is 4.67 Å². The number of rotatable bonds is 3. The maximum Gasteiger partial charge on any atom is 0.256 e. The van der Waals surface area contributed by atoms with Gasteiger partial charge in [0.05, 0.1) is 11.8 Å². The van der Waals surface area contributed by atoms with Crippen molar-refractivity contribution < 1.29 is 9.21 Å². The smallest absolute Gasteiger partial charge is 0.256 e. The third-order valence-corrected chi connectivity index (χ3v) is 2.91. The molecular weight excluding hydrogens is 284 g/mol. The van der Waals surface area contributed by atoms with Crippen molar-refractivity contribution in [1.29, 1.82) is 0 Å². The molecule has 0 radical (unpaired) electrons. The summed E-state index contributed by atoms with van der Waals surface area (Å²) in [5, 5.41) is 2.79. The first-order valence-corrected chi connectivity index (χ1v) is 5.82. The molecule has 0 atom stereocenters. The number of halogens is 1. The minimum Gasteiger partial charge on any atom is -0.457 e. The molecule has 0 bridgehead atoms. The van der Waals surface area contributed by atoms with Crippen molar-refractivity contribution in [3.8, 4) is 0 Å². The van der Waals surface area contributed by atoms with Crippen LogP contribution in [-0.2, 0) is 6.54 Å². The number of benzene rings is 1. The lowest BCUT2D eigenvalue weighted by atomic mass is 10.2. The monoisotopic (exact) mass is 294 g/mol. The first kappa shape index (κ1) is 11.7. The summed E-state index contributed by atoms with van der Waals surface area (Å²) in [5.41, 5.74) is 7.76. The second kappa shape index (κ2) is 5.05. The van der Waals surface area contributed by atoms with Gasteiger partial charge in [-0.2, -0.15) is 0 Å². The van der Waals surface area contributed by atoms with E-state index in [4.69, 9.17) is 10.2 Å². The molecule has 5 heteroatoms. The van der Waals surface area contributed by atoms with Crippen molar-refractivity contribution in [3.05, 3.63) is 52.4 Å². The summed E-state index contributed by atoms with van der Waals surface area (Å²) < 4.78 is 5.43. The Kier molecular flexibility index (Phi) is 3.49. The maximum absolute atomic E-state index is 11.7. The summed E-state index contributed by atoms with van der Waals surface area (Å²) in [5.74, 6) is -0.178. The first-order valence-electron chi connectivity index (χ1n) is 5.02. The predicted molar refractivity (Wildman–Crippen MR) is 68.4 cm³/mol. The normalized spacial score (nSPS) is 10.2. The zero-order valence-corrected chi connectivity index (χ0v) is 10.5. The highest BCUT2D eigenvalue weighted by Crippen LogP contribution is 2.17. The molecule has 1 heterocycles. The lowest BCUT2D eigenvalue weighted by molar-refractivity contribution is 0.0949. The van der Waals surface area contributed by atoms with Gasteiger partial charge >= 0.3 is 0 Å². The molecular formula is C12H11BrN2O2. The van der Waals surface area contributed by atoms with Gasteiger partial charge in [0, 0.05) is 12.2 Å². The van der Waals surface area contributed by atoms with Crippen molar-refractivity contribution in [3.63, 3.8) is 0 Å². The number of carbonyl (C=O) groups is 1. The Balaban J connectivity index is 1.97. The number of nitrogens with two attached hydrogens (primary N) is 1. The number of nitrogens with one attached hydrogen (secondary N) is 1. The Hall–Kier alpha value is -1.75. The predicted octanol–water partition coefficient (Wildman–Crippen LogP) is 2.55. The standard InChI is InChI=1S/C12H11BrN2O2/c13-11-10(5-6-17-11)12(16)15-7-8-1-3-9(14)4-2-8/h1-6H,7,14H2,(H,15,16). The van der Waals surface area contributed by atoms with Crippen LogP contribution < -0.4 is 11.1 Å². The van der Waals surface area contributed by atoms with E-state index in [0.717, 1.165) is 5.56 Å². The molecule has 4 nitrogen and oxygen atoms in total. The summed E-state index contributed by atoms with van der Waals surface area (Å²) >= 11 is 3.16. The maximum atomic E-state index is 11.7. The molecule has 0 aliphatic carbocycles. The number of furan rings is 1. The number of nitrogen functional groups attached to an aromatic ring is 1. The second-order valence-corrected chi connectivity index (χ2v) is 4.25. The minimum atomic E-state index is -0.178. The minimum absolute atomic E-state index is 0.178. The van der Waals surface area contributed by atoms with Crippen molar-refractivity contribution in [1.82, 2.24) is 5.32 Å². The van der Waals surface area contributed by atoms with Crippen LogP contribution in [0.4, 0.5) is 5.69 Å². The lowest BCUT2D eigenvalue weighted by Crippen LogP contribution is -2.22. The number of carbonyl (C=O) groups excluding carboxylic acids is 1. The fourth-order valence-electron chi connectivity index (χ4n) is 1.37. The topological polar surface area (TPSA) is 68.3 Å². The van der Waals surface area contributed by atoms with E-state index in [1.807, 2.05) is 12.1 Å². The highest BCUT2D eigenvalue weighted by atomic mass is 79.9. The van der Waals surface area contributed by atoms with Crippen LogP contribution in [0, 0.1) is 0 Å². The van der Waals surface area contributed by atoms with Gasteiger partial charge in [-0.25, -0.2) is 0 Å². The van der Waals surface area contributed by atoms with E-state index < -0.39 is 0 Å². The van der Waals surface area contributed by atoms with Gasteiger partial charge in [0.25, 0.3) is 5.91 Å². The summed E-state index contributed by atoms with van der Waals surface area (Å²) in [6.45, 7) is 0.455. The number of hydrogen-bond acceptors (Lipinski definition) is 3. The fraction of sp³-hybridized carbons (Fsp3) is 0.0833. The fourth-order valence-corrected chi connectivity index (χ4v) is 1.79. The number of anilines is 1. The van der Waals surface area contributed by atoms with E-state index in [-0.39, 0.29) is 5.91 Å². The lowest BCUT2D eigenvalue weighted by Gasteiger charge is -2.04. The molecule has 88 valence electrons. The van der Waals surface area contributed by atoms with Crippen LogP contribution in [-0.4, -0.2) is 5.91 Å². The molecule has 1 amide bonds. The molecule has 2 aromatic rings. The highest BCUT2D eigenvalue weighted by Gasteiger charge is 2.11. The van der Waals surface area contributed by atoms with Crippen molar-refractivity contribution in [2.24, 2.45) is 0 Å². The van der Waals surface area contributed by atoms with E-state index in [1.54, 1.807) is 18.2 Å². The largest absolute Gasteiger partial charge is 0.457 e. The Morgan fingerprint density at radius 3 is 2.59 bits per heavy atom. The highest BCUT2D eigenvalue weighted by molar-refractivity contribution is 9.10. The summed E-state index contributed by atoms with van der Waals surface area (Å²) in [4.78, 5) is 11.7. The average Bonchev–Trinajstić information content (AvgIpc) is 2.74. The van der Waals surface area contributed by atoms with Crippen LogP contribution in [0.15, 0.2) is 45.7 Å². The van der Waals surface area contributed by atoms with Crippen LogP contribution in [0.25, 0.3) is 0 Å². The van der Waals surface area contributed by atoms with Crippen LogP contribution >= 0.6 is 15.9 Å². The van der Waals surface area contributed by atoms with Crippen LogP contribution in [0.2, 0.25) is 0 Å². The zero-order chi connectivity index (χ0) is 12.3. The van der Waals surface area contributed by atoms with E-state index >= 15 is 0 Å². The number of hydrogen-bond donors (Lipinski definition) is 2. The van der Waals surface area contributed by atoms with Crippen molar-refractivity contribution in [2.75, 3.05) is 5.73 Å². The summed E-state index contributed by atoms with van der Waals surface area (Å²) in [6, 6.07) is 8.97. The molecule has 3 N–H and O–H groups in total. The summed E-state index contributed by atoms with van der Waals surface area (Å²) in [6.07, 6.45) is 1.46. The van der Waals surface area contributed by atoms with Crippen molar-refractivity contribution in [2.45, 2.75) is 6.54 Å². The summed E-state index contributed by atoms with van der Waals surface area (Å²) in [7, 11) is 0. The first-order chi connectivity index (χ1) is 8.16. The molecule has 0 aliphatic heterocycles. The van der Waals surface area contributed by atoms with Gasteiger partial charge in [0.1, 0.15) is 0 Å². The second-order valence-electron chi connectivity index (χ2n) is 3.53. The molecule has 0 unspecified atom stereocenters. The molecule has 0 saturated carbocycles. The molecule has 0 saturated heterocycles. The molecule has 0 aliphatic rings. The molecule has 0 fully saturated rings. The molecule has 1 aromatic carbocycles. The Morgan fingerprint density at radius 2 is 2.00 bits per heavy atom. The molecule has 2 rings (SSSR count).